The Labute approximate surface area is 69.6 Å². The second-order valence-electron chi connectivity index (χ2n) is 2.36. The van der Waals surface area contributed by atoms with Gasteiger partial charge >= 0.3 is 0 Å². The standard InChI is InChI=1S/C6H11N3OS/c1-9(2-3-10)4-6-5-11-8-7-6/h5,10H,2-4H2,1H3. The molecule has 1 rings (SSSR count). The van der Waals surface area contributed by atoms with Crippen LogP contribution in [0.3, 0.4) is 0 Å². The van der Waals surface area contributed by atoms with Crippen molar-refractivity contribution in [3.8, 4) is 0 Å². The van der Waals surface area contributed by atoms with Crippen LogP contribution in [0.15, 0.2) is 5.38 Å². The number of likely N-dealkylation sites (N-methyl/N-ethyl adjacent to an activating group) is 1. The summed E-state index contributed by atoms with van der Waals surface area (Å²) in [4.78, 5) is 2.00. The summed E-state index contributed by atoms with van der Waals surface area (Å²) in [6.07, 6.45) is 0. The first-order valence-electron chi connectivity index (χ1n) is 3.38. The lowest BCUT2D eigenvalue weighted by Gasteiger charge is -2.11. The summed E-state index contributed by atoms with van der Waals surface area (Å²) in [6, 6.07) is 0. The molecule has 1 N–H and O–H groups in total. The second kappa shape index (κ2) is 4.38. The first-order chi connectivity index (χ1) is 5.33. The third-order valence-corrected chi connectivity index (χ3v) is 1.87. The minimum Gasteiger partial charge on any atom is -0.395 e. The molecule has 5 heteroatoms. The van der Waals surface area contributed by atoms with E-state index in [2.05, 4.69) is 9.59 Å². The van der Waals surface area contributed by atoms with Crippen LogP contribution < -0.4 is 0 Å². The van der Waals surface area contributed by atoms with Crippen LogP contribution in [0.1, 0.15) is 5.69 Å². The van der Waals surface area contributed by atoms with E-state index in [0.29, 0.717) is 6.54 Å². The van der Waals surface area contributed by atoms with Crippen molar-refractivity contribution in [2.45, 2.75) is 6.54 Å². The Hall–Kier alpha value is -0.520. The highest BCUT2D eigenvalue weighted by Crippen LogP contribution is 1.99. The first-order valence-corrected chi connectivity index (χ1v) is 4.22. The van der Waals surface area contributed by atoms with Gasteiger partial charge in [-0.1, -0.05) is 4.49 Å². The van der Waals surface area contributed by atoms with Crippen molar-refractivity contribution in [3.05, 3.63) is 11.1 Å². The topological polar surface area (TPSA) is 49.2 Å². The van der Waals surface area contributed by atoms with Gasteiger partial charge in [-0.05, 0) is 18.6 Å². The lowest BCUT2D eigenvalue weighted by molar-refractivity contribution is 0.216. The monoisotopic (exact) mass is 173 g/mol. The van der Waals surface area contributed by atoms with Crippen LogP contribution in [0.2, 0.25) is 0 Å². The van der Waals surface area contributed by atoms with E-state index < -0.39 is 0 Å². The first kappa shape index (κ1) is 8.58. The van der Waals surface area contributed by atoms with Crippen LogP contribution in [0.5, 0.6) is 0 Å². The molecule has 0 aliphatic carbocycles. The molecular weight excluding hydrogens is 162 g/mol. The summed E-state index contributed by atoms with van der Waals surface area (Å²) in [5, 5.41) is 14.4. The van der Waals surface area contributed by atoms with E-state index in [1.165, 1.54) is 11.5 Å². The second-order valence-corrected chi connectivity index (χ2v) is 2.97. The zero-order chi connectivity index (χ0) is 8.10. The molecule has 62 valence electrons. The van der Waals surface area contributed by atoms with Crippen LogP contribution in [0, 0.1) is 0 Å². The fourth-order valence-electron chi connectivity index (χ4n) is 0.779. The summed E-state index contributed by atoms with van der Waals surface area (Å²) in [7, 11) is 1.94. The number of nitrogens with zero attached hydrogens (tertiary/aromatic N) is 3. The Morgan fingerprint density at radius 2 is 2.55 bits per heavy atom. The fourth-order valence-corrected chi connectivity index (χ4v) is 1.22. The maximum Gasteiger partial charge on any atom is 0.0895 e. The predicted octanol–water partition coefficient (Wildman–Crippen LogP) is -0.0378. The molecule has 0 saturated carbocycles. The SMILES string of the molecule is CN(CCO)Cc1csnn1. The molecule has 0 spiro atoms. The van der Waals surface area contributed by atoms with Crippen molar-refractivity contribution < 1.29 is 5.11 Å². The summed E-state index contributed by atoms with van der Waals surface area (Å²) in [6.45, 7) is 1.63. The van der Waals surface area contributed by atoms with Crippen molar-refractivity contribution in [2.24, 2.45) is 0 Å². The number of aromatic nitrogens is 2. The highest BCUT2D eigenvalue weighted by molar-refractivity contribution is 7.03. The minimum absolute atomic E-state index is 0.189. The zero-order valence-corrected chi connectivity index (χ0v) is 7.21. The van der Waals surface area contributed by atoms with E-state index in [4.69, 9.17) is 5.11 Å². The largest absolute Gasteiger partial charge is 0.395 e. The molecule has 0 saturated heterocycles. The normalized spacial score (nSPS) is 10.8. The van der Waals surface area contributed by atoms with E-state index in [1.54, 1.807) is 0 Å². The van der Waals surface area contributed by atoms with E-state index in [-0.39, 0.29) is 6.61 Å². The van der Waals surface area contributed by atoms with E-state index in [9.17, 15) is 0 Å². The minimum atomic E-state index is 0.189. The summed E-state index contributed by atoms with van der Waals surface area (Å²) >= 11 is 1.35. The van der Waals surface area contributed by atoms with Crippen LogP contribution in [-0.2, 0) is 6.54 Å². The average molecular weight is 173 g/mol. The van der Waals surface area contributed by atoms with E-state index in [0.717, 1.165) is 12.2 Å². The number of hydrogen-bond acceptors (Lipinski definition) is 5. The fraction of sp³-hybridized carbons (Fsp3) is 0.667. The Kier molecular flexibility index (Phi) is 3.41. The molecule has 0 aromatic carbocycles. The van der Waals surface area contributed by atoms with Crippen molar-refractivity contribution in [3.63, 3.8) is 0 Å². The van der Waals surface area contributed by atoms with Gasteiger partial charge in [-0.15, -0.1) is 5.10 Å². The van der Waals surface area contributed by atoms with Crippen molar-refractivity contribution in [2.75, 3.05) is 20.2 Å². The molecular formula is C6H11N3OS. The molecule has 1 aromatic rings. The quantitative estimate of drug-likeness (QED) is 0.694. The summed E-state index contributed by atoms with van der Waals surface area (Å²) in [5.74, 6) is 0. The predicted molar refractivity (Wildman–Crippen MR) is 43.3 cm³/mol. The van der Waals surface area contributed by atoms with Crippen LogP contribution in [-0.4, -0.2) is 39.8 Å². The van der Waals surface area contributed by atoms with Crippen molar-refractivity contribution >= 4 is 11.5 Å². The summed E-state index contributed by atoms with van der Waals surface area (Å²) < 4.78 is 3.74. The molecule has 0 aliphatic rings. The van der Waals surface area contributed by atoms with Gasteiger partial charge in [0.05, 0.1) is 12.3 Å². The third-order valence-electron chi connectivity index (χ3n) is 1.32. The van der Waals surface area contributed by atoms with Gasteiger partial charge in [-0.25, -0.2) is 0 Å². The average Bonchev–Trinajstić information content (AvgIpc) is 2.40. The van der Waals surface area contributed by atoms with Crippen molar-refractivity contribution in [1.82, 2.24) is 14.5 Å². The van der Waals surface area contributed by atoms with Crippen LogP contribution in [0.25, 0.3) is 0 Å². The molecule has 4 nitrogen and oxygen atoms in total. The lowest BCUT2D eigenvalue weighted by atomic mass is 10.4. The smallest absolute Gasteiger partial charge is 0.0895 e. The van der Waals surface area contributed by atoms with Crippen LogP contribution in [0.4, 0.5) is 0 Å². The highest BCUT2D eigenvalue weighted by atomic mass is 32.1. The van der Waals surface area contributed by atoms with Gasteiger partial charge in [0.25, 0.3) is 0 Å². The molecule has 0 amide bonds. The van der Waals surface area contributed by atoms with Crippen LogP contribution >= 0.6 is 11.5 Å². The van der Waals surface area contributed by atoms with Gasteiger partial charge in [0.1, 0.15) is 0 Å². The molecule has 0 unspecified atom stereocenters. The number of rotatable bonds is 4. The molecule has 1 heterocycles. The molecule has 0 aliphatic heterocycles. The van der Waals surface area contributed by atoms with Crippen molar-refractivity contribution in [1.29, 1.82) is 0 Å². The molecule has 0 radical (unpaired) electrons. The van der Waals surface area contributed by atoms with E-state index in [1.807, 2.05) is 17.3 Å². The highest BCUT2D eigenvalue weighted by Gasteiger charge is 2.00. The van der Waals surface area contributed by atoms with Gasteiger partial charge in [-0.2, -0.15) is 0 Å². The number of hydrogen-bond donors (Lipinski definition) is 1. The number of aliphatic hydroxyl groups excluding tert-OH is 1. The molecule has 11 heavy (non-hydrogen) atoms. The Balaban J connectivity index is 2.31. The molecule has 0 fully saturated rings. The Morgan fingerprint density at radius 3 is 3.09 bits per heavy atom. The lowest BCUT2D eigenvalue weighted by Crippen LogP contribution is -2.21. The third kappa shape index (κ3) is 2.92. The van der Waals surface area contributed by atoms with Gasteiger partial charge in [-0.3, -0.25) is 4.90 Å². The van der Waals surface area contributed by atoms with Gasteiger partial charge < -0.3 is 5.11 Å². The van der Waals surface area contributed by atoms with Gasteiger partial charge in [0.15, 0.2) is 0 Å². The zero-order valence-electron chi connectivity index (χ0n) is 6.40. The molecule has 1 aromatic heterocycles. The maximum absolute atomic E-state index is 8.59. The Bertz CT molecular complexity index is 190. The molecule has 0 bridgehead atoms. The summed E-state index contributed by atoms with van der Waals surface area (Å²) in [5.41, 5.74) is 0.964. The maximum atomic E-state index is 8.59. The van der Waals surface area contributed by atoms with E-state index >= 15 is 0 Å². The van der Waals surface area contributed by atoms with Gasteiger partial charge in [0.2, 0.25) is 0 Å². The Morgan fingerprint density at radius 1 is 1.73 bits per heavy atom. The molecule has 0 atom stereocenters. The number of aliphatic hydroxyl groups is 1. The van der Waals surface area contributed by atoms with Gasteiger partial charge in [0, 0.05) is 18.5 Å².